The average Bonchev–Trinajstić information content (AvgIpc) is 2.82. The van der Waals surface area contributed by atoms with Gasteiger partial charge in [0.15, 0.2) is 11.5 Å². The number of hydrogen-bond acceptors (Lipinski definition) is 5. The van der Waals surface area contributed by atoms with Crippen molar-refractivity contribution in [2.24, 2.45) is 0 Å². The molecule has 0 bridgehead atoms. The molecule has 1 N–H and O–H groups in total. The van der Waals surface area contributed by atoms with Gasteiger partial charge in [-0.15, -0.1) is 0 Å². The molecule has 6 nitrogen and oxygen atoms in total. The minimum atomic E-state index is -0.494. The number of benzene rings is 1. The average molecular weight is 500 g/mol. The third-order valence-electron chi connectivity index (χ3n) is 5.61. The number of carbonyl (C=O) groups excluding carboxylic acids is 3. The summed E-state index contributed by atoms with van der Waals surface area (Å²) in [6, 6.07) is 5.05. The normalized spacial score (nSPS) is 11.2. The Labute approximate surface area is 217 Å². The number of amides is 1. The molecular weight excluding hydrogens is 454 g/mol. The number of ether oxygens (including phenoxy) is 2. The maximum absolute atomic E-state index is 12.1. The van der Waals surface area contributed by atoms with Gasteiger partial charge in [-0.3, -0.25) is 14.4 Å². The first-order valence-electron chi connectivity index (χ1n) is 13.5. The van der Waals surface area contributed by atoms with Gasteiger partial charge in [0.25, 0.3) is 0 Å². The van der Waals surface area contributed by atoms with E-state index < -0.39 is 11.9 Å². The molecular formula is C30H45NO5. The van der Waals surface area contributed by atoms with E-state index in [0.717, 1.165) is 37.7 Å². The molecule has 36 heavy (non-hydrogen) atoms. The second kappa shape index (κ2) is 20.3. The Hall–Kier alpha value is -2.89. The van der Waals surface area contributed by atoms with E-state index in [1.165, 1.54) is 52.4 Å². The van der Waals surface area contributed by atoms with Gasteiger partial charge in [-0.05, 0) is 62.6 Å². The summed E-state index contributed by atoms with van der Waals surface area (Å²) in [6.45, 7) is 5.30. The molecule has 1 amide bonds. The van der Waals surface area contributed by atoms with Crippen molar-refractivity contribution >= 4 is 17.8 Å². The van der Waals surface area contributed by atoms with Gasteiger partial charge in [-0.25, -0.2) is 0 Å². The fourth-order valence-corrected chi connectivity index (χ4v) is 3.71. The zero-order chi connectivity index (χ0) is 26.4. The first kappa shape index (κ1) is 31.1. The molecule has 0 heterocycles. The molecule has 6 heteroatoms. The van der Waals surface area contributed by atoms with Gasteiger partial charge in [0.1, 0.15) is 0 Å². The quantitative estimate of drug-likeness (QED) is 0.0958. The maximum atomic E-state index is 12.1. The number of rotatable bonds is 19. The van der Waals surface area contributed by atoms with E-state index in [1.54, 1.807) is 18.2 Å². The summed E-state index contributed by atoms with van der Waals surface area (Å²) >= 11 is 0. The van der Waals surface area contributed by atoms with Crippen LogP contribution in [0, 0.1) is 0 Å². The fourth-order valence-electron chi connectivity index (χ4n) is 3.71. The number of esters is 2. The SMILES string of the molecule is CCCCC/C=C\C/C=C\CCCCCCCC(=O)NCCc1ccc(OC(C)=O)c(OC(C)=O)c1. The van der Waals surface area contributed by atoms with Crippen LogP contribution < -0.4 is 14.8 Å². The van der Waals surface area contributed by atoms with E-state index in [0.29, 0.717) is 19.4 Å². The zero-order valence-corrected chi connectivity index (χ0v) is 22.5. The van der Waals surface area contributed by atoms with Crippen molar-refractivity contribution in [3.8, 4) is 11.5 Å². The van der Waals surface area contributed by atoms with Crippen molar-refractivity contribution in [2.75, 3.05) is 6.54 Å². The number of carbonyl (C=O) groups is 3. The Morgan fingerprint density at radius 2 is 1.39 bits per heavy atom. The van der Waals surface area contributed by atoms with E-state index >= 15 is 0 Å². The molecule has 0 fully saturated rings. The minimum absolute atomic E-state index is 0.0532. The topological polar surface area (TPSA) is 81.7 Å². The number of allylic oxidation sites excluding steroid dienone is 4. The molecule has 0 spiro atoms. The van der Waals surface area contributed by atoms with Gasteiger partial charge >= 0.3 is 11.9 Å². The fraction of sp³-hybridized carbons (Fsp3) is 0.567. The molecule has 0 saturated carbocycles. The molecule has 1 aromatic carbocycles. The van der Waals surface area contributed by atoms with Crippen LogP contribution in [0.25, 0.3) is 0 Å². The summed E-state index contributed by atoms with van der Waals surface area (Å²) in [5, 5.41) is 2.94. The van der Waals surface area contributed by atoms with Crippen molar-refractivity contribution in [2.45, 2.75) is 104 Å². The Morgan fingerprint density at radius 3 is 2.06 bits per heavy atom. The second-order valence-corrected chi connectivity index (χ2v) is 9.05. The molecule has 1 aromatic rings. The Bertz CT molecular complexity index is 844. The van der Waals surface area contributed by atoms with Gasteiger partial charge in [-0.1, -0.05) is 69.4 Å². The van der Waals surface area contributed by atoms with Crippen LogP contribution in [0.15, 0.2) is 42.5 Å². The van der Waals surface area contributed by atoms with E-state index in [4.69, 9.17) is 9.47 Å². The summed E-state index contributed by atoms with van der Waals surface area (Å²) in [5.41, 5.74) is 0.875. The van der Waals surface area contributed by atoms with Gasteiger partial charge in [-0.2, -0.15) is 0 Å². The largest absolute Gasteiger partial charge is 0.423 e. The van der Waals surface area contributed by atoms with Gasteiger partial charge in [0.05, 0.1) is 0 Å². The molecule has 0 aliphatic heterocycles. The highest BCUT2D eigenvalue weighted by Gasteiger charge is 2.11. The van der Waals surface area contributed by atoms with Crippen LogP contribution in [0.5, 0.6) is 11.5 Å². The van der Waals surface area contributed by atoms with Crippen LogP contribution in [0.3, 0.4) is 0 Å². The highest BCUT2D eigenvalue weighted by Crippen LogP contribution is 2.29. The molecule has 0 atom stereocenters. The Morgan fingerprint density at radius 1 is 0.778 bits per heavy atom. The molecule has 0 saturated heterocycles. The lowest BCUT2D eigenvalue weighted by Gasteiger charge is -2.11. The molecule has 0 aliphatic rings. The smallest absolute Gasteiger partial charge is 0.308 e. The zero-order valence-electron chi connectivity index (χ0n) is 22.5. The molecule has 0 radical (unpaired) electrons. The first-order chi connectivity index (χ1) is 17.4. The summed E-state index contributed by atoms with van der Waals surface area (Å²) in [5.74, 6) is -0.529. The third kappa shape index (κ3) is 16.7. The van der Waals surface area contributed by atoms with Crippen LogP contribution in [0.4, 0.5) is 0 Å². The number of hydrogen-bond donors (Lipinski definition) is 1. The van der Waals surface area contributed by atoms with Crippen molar-refractivity contribution in [1.82, 2.24) is 5.32 Å². The minimum Gasteiger partial charge on any atom is -0.423 e. The maximum Gasteiger partial charge on any atom is 0.308 e. The molecule has 0 aromatic heterocycles. The van der Waals surface area contributed by atoms with E-state index in [-0.39, 0.29) is 17.4 Å². The van der Waals surface area contributed by atoms with E-state index in [9.17, 15) is 14.4 Å². The van der Waals surface area contributed by atoms with Gasteiger partial charge < -0.3 is 14.8 Å². The summed E-state index contributed by atoms with van der Waals surface area (Å²) < 4.78 is 10.2. The number of unbranched alkanes of at least 4 members (excludes halogenated alkanes) is 8. The van der Waals surface area contributed by atoms with Gasteiger partial charge in [0.2, 0.25) is 5.91 Å². The van der Waals surface area contributed by atoms with E-state index in [1.807, 2.05) is 0 Å². The predicted molar refractivity (Wildman–Crippen MR) is 145 cm³/mol. The Balaban J connectivity index is 2.12. The summed E-state index contributed by atoms with van der Waals surface area (Å²) in [7, 11) is 0. The van der Waals surface area contributed by atoms with Crippen LogP contribution in [-0.4, -0.2) is 24.4 Å². The van der Waals surface area contributed by atoms with Crippen LogP contribution in [0.2, 0.25) is 0 Å². The van der Waals surface area contributed by atoms with Crippen molar-refractivity contribution in [3.05, 3.63) is 48.1 Å². The second-order valence-electron chi connectivity index (χ2n) is 9.05. The number of nitrogens with one attached hydrogen (secondary N) is 1. The van der Waals surface area contributed by atoms with Crippen LogP contribution in [0.1, 0.15) is 103 Å². The van der Waals surface area contributed by atoms with E-state index in [2.05, 4.69) is 36.5 Å². The van der Waals surface area contributed by atoms with Gasteiger partial charge in [0, 0.05) is 26.8 Å². The summed E-state index contributed by atoms with van der Waals surface area (Å²) in [4.78, 5) is 34.6. The van der Waals surface area contributed by atoms with Crippen molar-refractivity contribution in [3.63, 3.8) is 0 Å². The van der Waals surface area contributed by atoms with Crippen LogP contribution >= 0.6 is 0 Å². The molecule has 0 unspecified atom stereocenters. The standard InChI is InChI=1S/C30H45NO5/c1-4-5-6-7-8-9-10-11-12-13-14-15-16-17-18-19-30(34)31-23-22-27-20-21-28(35-25(2)32)29(24-27)36-26(3)33/h8-9,11-12,20-21,24H,4-7,10,13-19,22-23H2,1-3H3,(H,31,34)/b9-8-,12-11-. The highest BCUT2D eigenvalue weighted by molar-refractivity contribution is 5.76. The lowest BCUT2D eigenvalue weighted by Crippen LogP contribution is -2.25. The molecule has 200 valence electrons. The highest BCUT2D eigenvalue weighted by atomic mass is 16.6. The summed E-state index contributed by atoms with van der Waals surface area (Å²) in [6.07, 6.45) is 23.0. The predicted octanol–water partition coefficient (Wildman–Crippen LogP) is 7.01. The molecule has 1 rings (SSSR count). The van der Waals surface area contributed by atoms with Crippen molar-refractivity contribution in [1.29, 1.82) is 0 Å². The third-order valence-corrected chi connectivity index (χ3v) is 5.61. The lowest BCUT2D eigenvalue weighted by molar-refractivity contribution is -0.134. The first-order valence-corrected chi connectivity index (χ1v) is 13.5. The monoisotopic (exact) mass is 499 g/mol. The lowest BCUT2D eigenvalue weighted by atomic mass is 10.1. The Kier molecular flexibility index (Phi) is 17.6. The van der Waals surface area contributed by atoms with Crippen molar-refractivity contribution < 1.29 is 23.9 Å². The van der Waals surface area contributed by atoms with Crippen LogP contribution in [-0.2, 0) is 20.8 Å². The molecule has 0 aliphatic carbocycles.